The molecule has 1 heterocycles. The lowest BCUT2D eigenvalue weighted by molar-refractivity contribution is 0.0278. The van der Waals surface area contributed by atoms with E-state index in [1.54, 1.807) is 44.5 Å². The van der Waals surface area contributed by atoms with Crippen LogP contribution in [-0.4, -0.2) is 59.8 Å². The smallest absolute Gasteiger partial charge is 0.410 e. The van der Waals surface area contributed by atoms with E-state index in [1.807, 2.05) is 45.0 Å². The number of benzene rings is 2. The van der Waals surface area contributed by atoms with Crippen molar-refractivity contribution >= 4 is 17.8 Å². The molecular formula is C26H30N4O5. The van der Waals surface area contributed by atoms with Gasteiger partial charge in [-0.1, -0.05) is 12.1 Å². The van der Waals surface area contributed by atoms with Gasteiger partial charge in [0, 0.05) is 18.7 Å². The molecule has 3 aromatic rings. The Morgan fingerprint density at radius 1 is 1.03 bits per heavy atom. The maximum Gasteiger partial charge on any atom is 0.410 e. The van der Waals surface area contributed by atoms with Crippen molar-refractivity contribution in [2.45, 2.75) is 26.4 Å². The summed E-state index contributed by atoms with van der Waals surface area (Å²) >= 11 is 0. The van der Waals surface area contributed by atoms with Crippen LogP contribution in [0.4, 0.5) is 10.6 Å². The van der Waals surface area contributed by atoms with E-state index in [2.05, 4.69) is 15.3 Å². The number of ether oxygens (including phenoxy) is 3. The average molecular weight is 479 g/mol. The molecule has 2 aromatic carbocycles. The molecule has 35 heavy (non-hydrogen) atoms. The standard InChI is InChI=1S/C26H30N4O5/c1-26(2,3)35-25(32)30(4)14-15-34-22-9-7-6-8-20(22)24(31)29-23-16-21(27-17-28-23)18-10-12-19(33-5)13-11-18/h6-13,16-17H,14-15H2,1-5H3,(H,27,28,29,31). The van der Waals surface area contributed by atoms with Gasteiger partial charge >= 0.3 is 6.09 Å². The summed E-state index contributed by atoms with van der Waals surface area (Å²) in [6.07, 6.45) is 0.952. The first-order valence-corrected chi connectivity index (χ1v) is 11.1. The summed E-state index contributed by atoms with van der Waals surface area (Å²) in [4.78, 5) is 35.0. The van der Waals surface area contributed by atoms with Crippen molar-refractivity contribution in [3.8, 4) is 22.8 Å². The summed E-state index contributed by atoms with van der Waals surface area (Å²) < 4.78 is 16.3. The van der Waals surface area contributed by atoms with Crippen LogP contribution in [0.2, 0.25) is 0 Å². The Kier molecular flexibility index (Phi) is 8.25. The molecule has 9 nitrogen and oxygen atoms in total. The van der Waals surface area contributed by atoms with Crippen LogP contribution in [0.25, 0.3) is 11.3 Å². The number of amides is 2. The van der Waals surface area contributed by atoms with Crippen LogP contribution in [0.1, 0.15) is 31.1 Å². The lowest BCUT2D eigenvalue weighted by Gasteiger charge is -2.24. The van der Waals surface area contributed by atoms with E-state index in [-0.39, 0.29) is 12.5 Å². The molecule has 0 atom stereocenters. The maximum absolute atomic E-state index is 13.0. The molecule has 0 unspecified atom stereocenters. The number of carbonyl (C=O) groups is 2. The lowest BCUT2D eigenvalue weighted by Crippen LogP contribution is -2.36. The largest absolute Gasteiger partial charge is 0.497 e. The van der Waals surface area contributed by atoms with Gasteiger partial charge in [0.05, 0.1) is 24.9 Å². The topological polar surface area (TPSA) is 103 Å². The van der Waals surface area contributed by atoms with Gasteiger partial charge in [-0.3, -0.25) is 4.79 Å². The Hall–Kier alpha value is -4.14. The second kappa shape index (κ2) is 11.3. The number of anilines is 1. The second-order valence-electron chi connectivity index (χ2n) is 8.72. The minimum Gasteiger partial charge on any atom is -0.497 e. The van der Waals surface area contributed by atoms with E-state index in [1.165, 1.54) is 11.2 Å². The molecule has 1 aromatic heterocycles. The van der Waals surface area contributed by atoms with E-state index in [4.69, 9.17) is 14.2 Å². The summed E-state index contributed by atoms with van der Waals surface area (Å²) in [6, 6.07) is 16.0. The zero-order chi connectivity index (χ0) is 25.4. The minimum absolute atomic E-state index is 0.190. The van der Waals surface area contributed by atoms with E-state index >= 15 is 0 Å². The average Bonchev–Trinajstić information content (AvgIpc) is 2.83. The van der Waals surface area contributed by atoms with Crippen molar-refractivity contribution in [1.82, 2.24) is 14.9 Å². The zero-order valence-electron chi connectivity index (χ0n) is 20.6. The van der Waals surface area contributed by atoms with Gasteiger partial charge in [0.1, 0.15) is 35.9 Å². The number of nitrogens with zero attached hydrogens (tertiary/aromatic N) is 3. The van der Waals surface area contributed by atoms with Gasteiger partial charge in [0.2, 0.25) is 0 Å². The van der Waals surface area contributed by atoms with Crippen molar-refractivity contribution in [2.24, 2.45) is 0 Å². The van der Waals surface area contributed by atoms with Crippen LogP contribution in [0.5, 0.6) is 11.5 Å². The molecule has 3 rings (SSSR count). The van der Waals surface area contributed by atoms with Gasteiger partial charge in [-0.2, -0.15) is 0 Å². The summed E-state index contributed by atoms with van der Waals surface area (Å²) in [7, 11) is 3.24. The van der Waals surface area contributed by atoms with Crippen LogP contribution in [0.3, 0.4) is 0 Å². The number of hydrogen-bond acceptors (Lipinski definition) is 7. The Morgan fingerprint density at radius 3 is 2.43 bits per heavy atom. The van der Waals surface area contributed by atoms with Crippen molar-refractivity contribution < 1.29 is 23.8 Å². The van der Waals surface area contributed by atoms with Crippen LogP contribution in [-0.2, 0) is 4.74 Å². The first-order chi connectivity index (χ1) is 16.7. The van der Waals surface area contributed by atoms with Gasteiger partial charge < -0.3 is 24.4 Å². The summed E-state index contributed by atoms with van der Waals surface area (Å²) in [5.41, 5.74) is 1.29. The van der Waals surface area contributed by atoms with Gasteiger partial charge in [-0.15, -0.1) is 0 Å². The summed E-state index contributed by atoms with van der Waals surface area (Å²) in [5, 5.41) is 2.80. The fourth-order valence-electron chi connectivity index (χ4n) is 3.03. The molecular weight excluding hydrogens is 448 g/mol. The number of para-hydroxylation sites is 1. The highest BCUT2D eigenvalue weighted by molar-refractivity contribution is 6.05. The Balaban J connectivity index is 1.64. The molecule has 184 valence electrons. The minimum atomic E-state index is -0.578. The molecule has 0 saturated heterocycles. The third kappa shape index (κ3) is 7.43. The van der Waals surface area contributed by atoms with Crippen molar-refractivity contribution in [1.29, 1.82) is 0 Å². The molecule has 0 aliphatic heterocycles. The van der Waals surface area contributed by atoms with Gasteiger partial charge in [-0.05, 0) is 57.2 Å². The van der Waals surface area contributed by atoms with Gasteiger partial charge in [0.15, 0.2) is 0 Å². The molecule has 0 saturated carbocycles. The number of nitrogens with one attached hydrogen (secondary N) is 1. The molecule has 0 bridgehead atoms. The third-order valence-electron chi connectivity index (χ3n) is 4.82. The molecule has 0 spiro atoms. The van der Waals surface area contributed by atoms with E-state index in [9.17, 15) is 9.59 Å². The zero-order valence-corrected chi connectivity index (χ0v) is 20.6. The number of rotatable bonds is 8. The van der Waals surface area contributed by atoms with Crippen LogP contribution >= 0.6 is 0 Å². The fourth-order valence-corrected chi connectivity index (χ4v) is 3.03. The first kappa shape index (κ1) is 25.5. The predicted molar refractivity (Wildman–Crippen MR) is 133 cm³/mol. The number of likely N-dealkylation sites (N-methyl/N-ethyl adjacent to an activating group) is 1. The van der Waals surface area contributed by atoms with Crippen LogP contribution in [0, 0.1) is 0 Å². The molecule has 0 fully saturated rings. The van der Waals surface area contributed by atoms with E-state index in [0.29, 0.717) is 29.4 Å². The molecule has 1 N–H and O–H groups in total. The van der Waals surface area contributed by atoms with Crippen molar-refractivity contribution in [2.75, 3.05) is 32.6 Å². The van der Waals surface area contributed by atoms with E-state index in [0.717, 1.165) is 11.3 Å². The highest BCUT2D eigenvalue weighted by Crippen LogP contribution is 2.23. The highest BCUT2D eigenvalue weighted by Gasteiger charge is 2.20. The monoisotopic (exact) mass is 478 g/mol. The van der Waals surface area contributed by atoms with Crippen molar-refractivity contribution in [3.05, 3.63) is 66.5 Å². The number of carbonyl (C=O) groups excluding carboxylic acids is 2. The Labute approximate surface area is 205 Å². The molecule has 9 heteroatoms. The second-order valence-corrected chi connectivity index (χ2v) is 8.72. The summed E-state index contributed by atoms with van der Waals surface area (Å²) in [5.74, 6) is 1.12. The first-order valence-electron chi connectivity index (χ1n) is 11.1. The molecule has 0 radical (unpaired) electrons. The Morgan fingerprint density at radius 2 is 1.74 bits per heavy atom. The van der Waals surface area contributed by atoms with Crippen molar-refractivity contribution in [3.63, 3.8) is 0 Å². The number of hydrogen-bond donors (Lipinski definition) is 1. The SMILES string of the molecule is COc1ccc(-c2cc(NC(=O)c3ccccc3OCCN(C)C(=O)OC(C)(C)C)ncn2)cc1. The predicted octanol–water partition coefficient (Wildman–Crippen LogP) is 4.65. The third-order valence-corrected chi connectivity index (χ3v) is 4.82. The maximum atomic E-state index is 13.0. The number of methoxy groups -OCH3 is 1. The highest BCUT2D eigenvalue weighted by atomic mass is 16.6. The molecule has 0 aliphatic carbocycles. The van der Waals surface area contributed by atoms with Gasteiger partial charge in [0.25, 0.3) is 5.91 Å². The van der Waals surface area contributed by atoms with Gasteiger partial charge in [-0.25, -0.2) is 14.8 Å². The fraction of sp³-hybridized carbons (Fsp3) is 0.308. The quantitative estimate of drug-likeness (QED) is 0.503. The lowest BCUT2D eigenvalue weighted by atomic mass is 10.1. The normalized spacial score (nSPS) is 10.9. The number of aromatic nitrogens is 2. The van der Waals surface area contributed by atoms with Crippen LogP contribution in [0.15, 0.2) is 60.9 Å². The molecule has 0 aliphatic rings. The van der Waals surface area contributed by atoms with Crippen LogP contribution < -0.4 is 14.8 Å². The summed E-state index contributed by atoms with van der Waals surface area (Å²) in [6.45, 7) is 5.91. The molecule has 2 amide bonds. The van der Waals surface area contributed by atoms with E-state index < -0.39 is 11.7 Å². The Bertz CT molecular complexity index is 1160.